The molecule has 1 saturated heterocycles. The first kappa shape index (κ1) is 16.9. The Kier molecular flexibility index (Phi) is 5.18. The third-order valence-electron chi connectivity index (χ3n) is 3.49. The summed E-state index contributed by atoms with van der Waals surface area (Å²) in [6.07, 6.45) is -3.14. The second-order valence-corrected chi connectivity index (χ2v) is 5.47. The molecule has 0 radical (unpaired) electrons. The summed E-state index contributed by atoms with van der Waals surface area (Å²) < 4.78 is 43.5. The van der Waals surface area contributed by atoms with Gasteiger partial charge in [-0.05, 0) is 31.0 Å². The van der Waals surface area contributed by atoms with E-state index in [1.165, 1.54) is 7.05 Å². The summed E-state index contributed by atoms with van der Waals surface area (Å²) in [5.74, 6) is 0. The van der Waals surface area contributed by atoms with Crippen LogP contribution in [0.5, 0.6) is 0 Å². The van der Waals surface area contributed by atoms with Gasteiger partial charge in [-0.2, -0.15) is 13.2 Å². The number of nitrogens with one attached hydrogen (secondary N) is 1. The number of benzene rings is 1. The number of hydrogen-bond acceptors (Lipinski definition) is 2. The van der Waals surface area contributed by atoms with Crippen LogP contribution in [0.4, 0.5) is 23.7 Å². The molecular formula is C14H16ClF3N2O2. The van der Waals surface area contributed by atoms with Crippen molar-refractivity contribution in [2.75, 3.05) is 25.2 Å². The molecule has 122 valence electrons. The van der Waals surface area contributed by atoms with Crippen LogP contribution in [0.15, 0.2) is 18.2 Å². The molecule has 1 aromatic carbocycles. The van der Waals surface area contributed by atoms with Crippen molar-refractivity contribution >= 4 is 23.3 Å². The van der Waals surface area contributed by atoms with Gasteiger partial charge in [-0.25, -0.2) is 4.79 Å². The zero-order valence-corrected chi connectivity index (χ0v) is 12.7. The van der Waals surface area contributed by atoms with E-state index in [1.807, 2.05) is 0 Å². The Morgan fingerprint density at radius 3 is 2.59 bits per heavy atom. The van der Waals surface area contributed by atoms with Gasteiger partial charge in [0.15, 0.2) is 0 Å². The first-order valence-corrected chi connectivity index (χ1v) is 7.15. The largest absolute Gasteiger partial charge is 0.416 e. The number of halogens is 4. The highest BCUT2D eigenvalue weighted by atomic mass is 35.5. The third-order valence-corrected chi connectivity index (χ3v) is 3.81. The van der Waals surface area contributed by atoms with Crippen LogP contribution in [0.3, 0.4) is 0 Å². The van der Waals surface area contributed by atoms with Crippen LogP contribution in [-0.2, 0) is 10.9 Å². The van der Waals surface area contributed by atoms with Gasteiger partial charge in [0.05, 0.1) is 16.3 Å². The van der Waals surface area contributed by atoms with E-state index in [9.17, 15) is 18.0 Å². The topological polar surface area (TPSA) is 41.6 Å². The minimum Gasteiger partial charge on any atom is -0.381 e. The summed E-state index contributed by atoms with van der Waals surface area (Å²) in [5, 5.41) is 2.85. The fourth-order valence-electron chi connectivity index (χ4n) is 2.17. The van der Waals surface area contributed by atoms with Crippen molar-refractivity contribution in [1.82, 2.24) is 5.32 Å². The molecule has 1 aromatic rings. The van der Waals surface area contributed by atoms with Gasteiger partial charge in [-0.3, -0.25) is 4.90 Å². The first-order chi connectivity index (χ1) is 10.3. The molecule has 2 rings (SSSR count). The molecule has 0 aromatic heterocycles. The molecule has 0 aliphatic carbocycles. The van der Waals surface area contributed by atoms with Crippen molar-refractivity contribution in [3.63, 3.8) is 0 Å². The molecule has 22 heavy (non-hydrogen) atoms. The van der Waals surface area contributed by atoms with Crippen LogP contribution in [-0.4, -0.2) is 32.3 Å². The van der Waals surface area contributed by atoms with Gasteiger partial charge >= 0.3 is 12.2 Å². The molecule has 1 fully saturated rings. The van der Waals surface area contributed by atoms with E-state index in [2.05, 4.69) is 5.32 Å². The maximum absolute atomic E-state index is 12.8. The number of carbonyl (C=O) groups excluding carboxylic acids is 1. The Bertz CT molecular complexity index is 545. The number of nitrogens with zero attached hydrogens (tertiary/aromatic N) is 1. The molecule has 1 aliphatic rings. The fraction of sp³-hybridized carbons (Fsp3) is 0.500. The molecule has 8 heteroatoms. The molecule has 1 heterocycles. The van der Waals surface area contributed by atoms with Gasteiger partial charge in [0.25, 0.3) is 0 Å². The van der Waals surface area contributed by atoms with Crippen molar-refractivity contribution in [2.24, 2.45) is 0 Å². The monoisotopic (exact) mass is 336 g/mol. The maximum Gasteiger partial charge on any atom is 0.416 e. The number of ether oxygens (including phenoxy) is 1. The predicted octanol–water partition coefficient (Wildman–Crippen LogP) is 3.68. The number of carbonyl (C=O) groups is 1. The van der Waals surface area contributed by atoms with Crippen LogP contribution in [0, 0.1) is 0 Å². The third kappa shape index (κ3) is 4.04. The molecule has 4 nitrogen and oxygen atoms in total. The van der Waals surface area contributed by atoms with E-state index in [0.29, 0.717) is 26.1 Å². The summed E-state index contributed by atoms with van der Waals surface area (Å²) in [6, 6.07) is 2.35. The highest BCUT2D eigenvalue weighted by molar-refractivity contribution is 6.33. The molecule has 0 atom stereocenters. The molecule has 0 unspecified atom stereocenters. The van der Waals surface area contributed by atoms with Crippen LogP contribution in [0.1, 0.15) is 18.4 Å². The second kappa shape index (κ2) is 6.75. The Morgan fingerprint density at radius 2 is 2.00 bits per heavy atom. The normalized spacial score (nSPS) is 16.4. The first-order valence-electron chi connectivity index (χ1n) is 6.78. The van der Waals surface area contributed by atoms with E-state index in [1.54, 1.807) is 0 Å². The van der Waals surface area contributed by atoms with Gasteiger partial charge in [0.2, 0.25) is 0 Å². The predicted molar refractivity (Wildman–Crippen MR) is 77.2 cm³/mol. The number of alkyl halides is 3. The van der Waals surface area contributed by atoms with Crippen molar-refractivity contribution in [2.45, 2.75) is 25.1 Å². The minimum atomic E-state index is -4.49. The Balaban J connectivity index is 2.13. The van der Waals surface area contributed by atoms with E-state index >= 15 is 0 Å². The Morgan fingerprint density at radius 1 is 1.36 bits per heavy atom. The SMILES string of the molecule is CN(C(=O)NC1CCOCC1)c1cc(C(F)(F)F)ccc1Cl. The number of amides is 2. The number of hydrogen-bond donors (Lipinski definition) is 1. The Hall–Kier alpha value is -1.47. The molecule has 0 saturated carbocycles. The fourth-order valence-corrected chi connectivity index (χ4v) is 2.41. The number of rotatable bonds is 2. The summed E-state index contributed by atoms with van der Waals surface area (Å²) in [6.45, 7) is 1.11. The second-order valence-electron chi connectivity index (χ2n) is 5.06. The lowest BCUT2D eigenvalue weighted by atomic mass is 10.1. The standard InChI is InChI=1S/C14H16ClF3N2O2/c1-20(13(21)19-10-4-6-22-7-5-10)12-8-9(14(16,17)18)2-3-11(12)15/h2-3,8,10H,4-7H2,1H3,(H,19,21). The molecule has 1 aliphatic heterocycles. The van der Waals surface area contributed by atoms with E-state index in [-0.39, 0.29) is 16.8 Å². The molecule has 2 amide bonds. The average molecular weight is 337 g/mol. The zero-order valence-electron chi connectivity index (χ0n) is 11.9. The minimum absolute atomic E-state index is 0.0149. The van der Waals surface area contributed by atoms with Crippen molar-refractivity contribution in [1.29, 1.82) is 0 Å². The highest BCUT2D eigenvalue weighted by Crippen LogP contribution is 2.35. The van der Waals surface area contributed by atoms with Gasteiger partial charge in [0, 0.05) is 26.3 Å². The molecule has 0 spiro atoms. The molecule has 1 N–H and O–H groups in total. The van der Waals surface area contributed by atoms with Gasteiger partial charge in [-0.15, -0.1) is 0 Å². The lowest BCUT2D eigenvalue weighted by Gasteiger charge is -2.27. The molecular weight excluding hydrogens is 321 g/mol. The van der Waals surface area contributed by atoms with Gasteiger partial charge in [0.1, 0.15) is 0 Å². The lowest BCUT2D eigenvalue weighted by molar-refractivity contribution is -0.137. The molecule has 0 bridgehead atoms. The maximum atomic E-state index is 12.8. The van der Waals surface area contributed by atoms with E-state index in [0.717, 1.165) is 23.1 Å². The van der Waals surface area contributed by atoms with Gasteiger partial charge < -0.3 is 10.1 Å². The smallest absolute Gasteiger partial charge is 0.381 e. The quantitative estimate of drug-likeness (QED) is 0.895. The zero-order chi connectivity index (χ0) is 16.3. The van der Waals surface area contributed by atoms with Crippen LogP contribution >= 0.6 is 11.6 Å². The van der Waals surface area contributed by atoms with Crippen molar-refractivity contribution in [3.8, 4) is 0 Å². The van der Waals surface area contributed by atoms with Crippen LogP contribution in [0.25, 0.3) is 0 Å². The number of anilines is 1. The lowest BCUT2D eigenvalue weighted by Crippen LogP contribution is -2.45. The summed E-state index contributed by atoms with van der Waals surface area (Å²) >= 11 is 5.92. The number of urea groups is 1. The van der Waals surface area contributed by atoms with E-state index in [4.69, 9.17) is 16.3 Å². The van der Waals surface area contributed by atoms with Crippen molar-refractivity contribution in [3.05, 3.63) is 28.8 Å². The summed E-state index contributed by atoms with van der Waals surface area (Å²) in [4.78, 5) is 13.2. The van der Waals surface area contributed by atoms with Crippen LogP contribution < -0.4 is 10.2 Å². The Labute approximate surface area is 131 Å². The van der Waals surface area contributed by atoms with E-state index < -0.39 is 17.8 Å². The summed E-state index contributed by atoms with van der Waals surface area (Å²) in [5.41, 5.74) is -0.835. The summed E-state index contributed by atoms with van der Waals surface area (Å²) in [7, 11) is 1.38. The van der Waals surface area contributed by atoms with Crippen LogP contribution in [0.2, 0.25) is 5.02 Å². The highest BCUT2D eigenvalue weighted by Gasteiger charge is 2.32. The van der Waals surface area contributed by atoms with Crippen molar-refractivity contribution < 1.29 is 22.7 Å². The van der Waals surface area contributed by atoms with Gasteiger partial charge in [-0.1, -0.05) is 11.6 Å². The average Bonchev–Trinajstić information content (AvgIpc) is 2.46.